The molecule has 0 aromatic carbocycles. The third-order valence-electron chi connectivity index (χ3n) is 4.90. The number of rotatable bonds is 3. The smallest absolute Gasteiger partial charge is 0.322 e. The predicted molar refractivity (Wildman–Crippen MR) is 102 cm³/mol. The molecular formula is C19H24N6O2. The van der Waals surface area contributed by atoms with Gasteiger partial charge in [0.25, 0.3) is 0 Å². The molecule has 0 saturated carbocycles. The van der Waals surface area contributed by atoms with Crippen molar-refractivity contribution >= 4 is 17.7 Å². The Balaban J connectivity index is 1.42. The van der Waals surface area contributed by atoms with Gasteiger partial charge in [-0.05, 0) is 38.0 Å². The van der Waals surface area contributed by atoms with Gasteiger partial charge in [-0.25, -0.2) is 14.8 Å². The fourth-order valence-electron chi connectivity index (χ4n) is 3.37. The van der Waals surface area contributed by atoms with Gasteiger partial charge in [-0.1, -0.05) is 0 Å². The summed E-state index contributed by atoms with van der Waals surface area (Å²) in [5, 5.41) is 2.89. The second-order valence-corrected chi connectivity index (χ2v) is 6.90. The van der Waals surface area contributed by atoms with E-state index in [0.29, 0.717) is 25.4 Å². The minimum absolute atomic E-state index is 0.150. The van der Waals surface area contributed by atoms with Gasteiger partial charge < -0.3 is 19.9 Å². The first-order valence-corrected chi connectivity index (χ1v) is 9.37. The zero-order chi connectivity index (χ0) is 18.6. The second kappa shape index (κ2) is 7.87. The molecule has 4 heterocycles. The SMILES string of the molecule is Cc1ccc(NC(=O)N2CCO[C@H](c3ccnc(N4CCCC4)n3)C2)cn1. The van der Waals surface area contributed by atoms with Crippen LogP contribution in [0, 0.1) is 6.92 Å². The van der Waals surface area contributed by atoms with Crippen molar-refractivity contribution in [2.24, 2.45) is 0 Å². The van der Waals surface area contributed by atoms with E-state index in [4.69, 9.17) is 4.74 Å². The van der Waals surface area contributed by atoms with Gasteiger partial charge in [0.05, 0.1) is 30.7 Å². The van der Waals surface area contributed by atoms with Crippen LogP contribution in [0.2, 0.25) is 0 Å². The Morgan fingerprint density at radius 2 is 2.04 bits per heavy atom. The number of urea groups is 1. The number of aromatic nitrogens is 3. The number of hydrogen-bond donors (Lipinski definition) is 1. The van der Waals surface area contributed by atoms with Crippen LogP contribution in [-0.4, -0.2) is 58.7 Å². The molecule has 2 amide bonds. The Hall–Kier alpha value is -2.74. The Morgan fingerprint density at radius 3 is 2.81 bits per heavy atom. The predicted octanol–water partition coefficient (Wildman–Crippen LogP) is 2.39. The highest BCUT2D eigenvalue weighted by molar-refractivity contribution is 5.89. The van der Waals surface area contributed by atoms with Gasteiger partial charge in [-0.2, -0.15) is 0 Å². The quantitative estimate of drug-likeness (QED) is 0.896. The number of carbonyl (C=O) groups excluding carboxylic acids is 1. The molecule has 0 unspecified atom stereocenters. The molecule has 1 atom stereocenters. The maximum absolute atomic E-state index is 12.6. The molecule has 142 valence electrons. The van der Waals surface area contributed by atoms with Crippen LogP contribution in [0.4, 0.5) is 16.4 Å². The minimum atomic E-state index is -0.245. The Morgan fingerprint density at radius 1 is 1.19 bits per heavy atom. The molecule has 2 aliphatic rings. The number of morpholine rings is 1. The largest absolute Gasteiger partial charge is 0.368 e. The van der Waals surface area contributed by atoms with Crippen molar-refractivity contribution < 1.29 is 9.53 Å². The maximum Gasteiger partial charge on any atom is 0.322 e. The molecule has 1 N–H and O–H groups in total. The lowest BCUT2D eigenvalue weighted by Gasteiger charge is -2.32. The first kappa shape index (κ1) is 17.7. The van der Waals surface area contributed by atoms with Crippen molar-refractivity contribution in [1.29, 1.82) is 0 Å². The third kappa shape index (κ3) is 4.16. The lowest BCUT2D eigenvalue weighted by Crippen LogP contribution is -2.44. The molecule has 8 nitrogen and oxygen atoms in total. The lowest BCUT2D eigenvalue weighted by molar-refractivity contribution is -0.0157. The molecule has 8 heteroatoms. The van der Waals surface area contributed by atoms with Crippen LogP contribution in [0.15, 0.2) is 30.6 Å². The van der Waals surface area contributed by atoms with Crippen LogP contribution < -0.4 is 10.2 Å². The van der Waals surface area contributed by atoms with Gasteiger partial charge in [-0.3, -0.25) is 4.98 Å². The second-order valence-electron chi connectivity index (χ2n) is 6.90. The number of anilines is 2. The molecule has 0 aliphatic carbocycles. The molecule has 2 aromatic rings. The Labute approximate surface area is 158 Å². The highest BCUT2D eigenvalue weighted by Crippen LogP contribution is 2.23. The van der Waals surface area contributed by atoms with Crippen molar-refractivity contribution in [3.8, 4) is 0 Å². The molecule has 2 aliphatic heterocycles. The summed E-state index contributed by atoms with van der Waals surface area (Å²) in [6.45, 7) is 5.39. The lowest BCUT2D eigenvalue weighted by atomic mass is 10.2. The summed E-state index contributed by atoms with van der Waals surface area (Å²) in [7, 11) is 0. The van der Waals surface area contributed by atoms with Crippen LogP contribution in [0.3, 0.4) is 0 Å². The van der Waals surface area contributed by atoms with E-state index in [9.17, 15) is 4.79 Å². The topological polar surface area (TPSA) is 83.5 Å². The van der Waals surface area contributed by atoms with Gasteiger partial charge in [0, 0.05) is 31.5 Å². The van der Waals surface area contributed by atoms with E-state index in [0.717, 1.165) is 30.4 Å². The standard InChI is InChI=1S/C19H24N6O2/c1-14-4-5-15(12-21-14)22-19(26)25-10-11-27-17(13-25)16-6-7-20-18(23-16)24-8-2-3-9-24/h4-7,12,17H,2-3,8-11,13H2,1H3,(H,22,26)/t17-/m0/s1. The third-order valence-corrected chi connectivity index (χ3v) is 4.90. The van der Waals surface area contributed by atoms with Crippen molar-refractivity contribution in [2.45, 2.75) is 25.9 Å². The van der Waals surface area contributed by atoms with Crippen molar-refractivity contribution in [2.75, 3.05) is 43.0 Å². The van der Waals surface area contributed by atoms with E-state index in [-0.39, 0.29) is 12.1 Å². The van der Waals surface area contributed by atoms with Crippen molar-refractivity contribution in [1.82, 2.24) is 19.9 Å². The summed E-state index contributed by atoms with van der Waals surface area (Å²) < 4.78 is 5.89. The van der Waals surface area contributed by atoms with Crippen LogP contribution in [-0.2, 0) is 4.74 Å². The van der Waals surface area contributed by atoms with Gasteiger partial charge >= 0.3 is 6.03 Å². The van der Waals surface area contributed by atoms with Gasteiger partial charge in [0.2, 0.25) is 5.95 Å². The fraction of sp³-hybridized carbons (Fsp3) is 0.474. The van der Waals surface area contributed by atoms with Gasteiger partial charge in [0.15, 0.2) is 0 Å². The molecule has 0 radical (unpaired) electrons. The van der Waals surface area contributed by atoms with Crippen LogP contribution in [0.1, 0.15) is 30.3 Å². The zero-order valence-electron chi connectivity index (χ0n) is 15.5. The van der Waals surface area contributed by atoms with E-state index in [2.05, 4.69) is 25.2 Å². The summed E-state index contributed by atoms with van der Waals surface area (Å²) in [6.07, 6.45) is 5.55. The number of aryl methyl sites for hydroxylation is 1. The fourth-order valence-corrected chi connectivity index (χ4v) is 3.37. The molecular weight excluding hydrogens is 344 g/mol. The van der Waals surface area contributed by atoms with Crippen molar-refractivity contribution in [3.63, 3.8) is 0 Å². The van der Waals surface area contributed by atoms with E-state index in [1.54, 1.807) is 17.3 Å². The zero-order valence-corrected chi connectivity index (χ0v) is 15.5. The van der Waals surface area contributed by atoms with Crippen LogP contribution in [0.5, 0.6) is 0 Å². The van der Waals surface area contributed by atoms with E-state index in [1.807, 2.05) is 25.1 Å². The van der Waals surface area contributed by atoms with Crippen molar-refractivity contribution in [3.05, 3.63) is 42.0 Å². The molecule has 27 heavy (non-hydrogen) atoms. The molecule has 0 spiro atoms. The molecule has 2 fully saturated rings. The molecule has 4 rings (SSSR count). The normalized spacial score (nSPS) is 20.0. The number of ether oxygens (including phenoxy) is 1. The molecule has 2 aromatic heterocycles. The van der Waals surface area contributed by atoms with E-state index >= 15 is 0 Å². The number of nitrogens with zero attached hydrogens (tertiary/aromatic N) is 5. The monoisotopic (exact) mass is 368 g/mol. The minimum Gasteiger partial charge on any atom is -0.368 e. The highest BCUT2D eigenvalue weighted by atomic mass is 16.5. The maximum atomic E-state index is 12.6. The summed E-state index contributed by atoms with van der Waals surface area (Å²) >= 11 is 0. The Bertz CT molecular complexity index is 791. The number of amides is 2. The van der Waals surface area contributed by atoms with Crippen LogP contribution in [0.25, 0.3) is 0 Å². The summed E-state index contributed by atoms with van der Waals surface area (Å²) in [5.74, 6) is 0.751. The molecule has 0 bridgehead atoms. The number of carbonyl (C=O) groups is 1. The van der Waals surface area contributed by atoms with Gasteiger partial charge in [0.1, 0.15) is 6.10 Å². The highest BCUT2D eigenvalue weighted by Gasteiger charge is 2.27. The average Bonchev–Trinajstić information content (AvgIpc) is 3.25. The molecule has 2 saturated heterocycles. The first-order chi connectivity index (χ1) is 13.2. The number of pyridine rings is 1. The summed E-state index contributed by atoms with van der Waals surface area (Å²) in [5.41, 5.74) is 2.42. The average molecular weight is 368 g/mol. The van der Waals surface area contributed by atoms with Gasteiger partial charge in [-0.15, -0.1) is 0 Å². The number of hydrogen-bond acceptors (Lipinski definition) is 6. The Kier molecular flexibility index (Phi) is 5.15. The number of nitrogens with one attached hydrogen (secondary N) is 1. The summed E-state index contributed by atoms with van der Waals surface area (Å²) in [4.78, 5) is 29.8. The first-order valence-electron chi connectivity index (χ1n) is 9.37. The van der Waals surface area contributed by atoms with E-state index in [1.165, 1.54) is 12.8 Å². The summed E-state index contributed by atoms with van der Waals surface area (Å²) in [6, 6.07) is 5.45. The van der Waals surface area contributed by atoms with E-state index < -0.39 is 0 Å². The van der Waals surface area contributed by atoms with Crippen LogP contribution >= 0.6 is 0 Å².